The summed E-state index contributed by atoms with van der Waals surface area (Å²) in [7, 11) is 0. The van der Waals surface area contributed by atoms with Crippen LogP contribution < -0.4 is 0 Å². The molecule has 0 saturated heterocycles. The van der Waals surface area contributed by atoms with Crippen LogP contribution in [0.15, 0.2) is 11.9 Å². The fourth-order valence-electron chi connectivity index (χ4n) is 0.834. The third-order valence-electron chi connectivity index (χ3n) is 1.68. The highest BCUT2D eigenvalue weighted by Gasteiger charge is 2.70. The summed E-state index contributed by atoms with van der Waals surface area (Å²) in [5.74, 6) is -2.79. The van der Waals surface area contributed by atoms with Crippen molar-refractivity contribution in [3.8, 4) is 0 Å². The molecule has 0 rings (SSSR count). The molecule has 0 bridgehead atoms. The largest absolute Gasteiger partial charge is 0.426 e. The van der Waals surface area contributed by atoms with Crippen LogP contribution in [0.4, 0.5) is 43.9 Å². The number of hydrogen-bond acceptors (Lipinski definition) is 1. The molecule has 1 nitrogen and oxygen atoms in total. The number of aliphatic hydroxyl groups is 1. The molecule has 0 aliphatic rings. The number of rotatable bonds is 2. The van der Waals surface area contributed by atoms with Crippen molar-refractivity contribution in [2.24, 2.45) is 0 Å². The molecule has 0 spiro atoms. The molecule has 0 aromatic carbocycles. The van der Waals surface area contributed by atoms with Gasteiger partial charge in [-0.25, -0.2) is 4.39 Å². The van der Waals surface area contributed by atoms with E-state index in [2.05, 4.69) is 0 Å². The molecule has 0 heterocycles. The van der Waals surface area contributed by atoms with Gasteiger partial charge in [-0.15, -0.1) is 0 Å². The first kappa shape index (κ1) is 17.0. The molecule has 0 amide bonds. The van der Waals surface area contributed by atoms with Gasteiger partial charge in [-0.1, -0.05) is 0 Å². The third kappa shape index (κ3) is 4.03. The quantitative estimate of drug-likeness (QED) is 0.771. The Morgan fingerprint density at radius 2 is 1.17 bits per heavy atom. The van der Waals surface area contributed by atoms with E-state index in [9.17, 15) is 43.9 Å². The number of halogens is 10. The van der Waals surface area contributed by atoms with Crippen molar-refractivity contribution in [3.63, 3.8) is 0 Å². The lowest BCUT2D eigenvalue weighted by Crippen LogP contribution is -2.56. The van der Waals surface area contributed by atoms with Crippen LogP contribution in [0, 0.1) is 0 Å². The van der Waals surface area contributed by atoms with Crippen LogP contribution >= 0.6 is 0 Å². The number of hydrogen-bond donors (Lipinski definition) is 1. The third-order valence-corrected chi connectivity index (χ3v) is 1.68. The van der Waals surface area contributed by atoms with E-state index in [4.69, 9.17) is 5.11 Å². The summed E-state index contributed by atoms with van der Waals surface area (Å²) in [6.07, 6.45) is -22.5. The monoisotopic (exact) mass is 294 g/mol. The zero-order valence-electron chi connectivity index (χ0n) is 8.01. The van der Waals surface area contributed by atoms with Crippen molar-refractivity contribution in [1.29, 1.82) is 0 Å². The molecule has 0 aromatic rings. The van der Waals surface area contributed by atoms with Gasteiger partial charge in [-0.2, -0.15) is 39.5 Å². The average Bonchev–Trinajstić information content (AvgIpc) is 1.94. The lowest BCUT2D eigenvalue weighted by molar-refractivity contribution is -0.368. The first-order chi connectivity index (χ1) is 7.60. The van der Waals surface area contributed by atoms with Crippen molar-refractivity contribution >= 4 is 0 Å². The van der Waals surface area contributed by atoms with Crippen molar-refractivity contribution in [2.75, 3.05) is 0 Å². The normalized spacial score (nSPS) is 16.1. The maximum absolute atomic E-state index is 12.4. The Labute approximate surface area is 92.7 Å². The Morgan fingerprint density at radius 1 is 0.833 bits per heavy atom. The second-order valence-corrected chi connectivity index (χ2v) is 3.17. The Kier molecular flexibility index (Phi) is 4.34. The number of allylic oxidation sites excluding steroid dienone is 1. The highest BCUT2D eigenvalue weighted by Crippen LogP contribution is 2.47. The summed E-state index contributed by atoms with van der Waals surface area (Å²) < 4.78 is 119. The van der Waals surface area contributed by atoms with Gasteiger partial charge in [0.2, 0.25) is 0 Å². The summed E-state index contributed by atoms with van der Waals surface area (Å²) in [4.78, 5) is 0. The van der Waals surface area contributed by atoms with E-state index in [1.165, 1.54) is 0 Å². The van der Waals surface area contributed by atoms with Crippen molar-refractivity contribution < 1.29 is 49.0 Å². The highest BCUT2D eigenvalue weighted by atomic mass is 19.4. The van der Waals surface area contributed by atoms with Crippen molar-refractivity contribution in [1.82, 2.24) is 0 Å². The van der Waals surface area contributed by atoms with Crippen LogP contribution in [0.2, 0.25) is 0 Å². The topological polar surface area (TPSA) is 20.2 Å². The Hall–Kier alpha value is -1.00. The molecule has 0 unspecified atom stereocenters. The predicted molar refractivity (Wildman–Crippen MR) is 36.9 cm³/mol. The zero-order valence-corrected chi connectivity index (χ0v) is 8.01. The van der Waals surface area contributed by atoms with Gasteiger partial charge in [0.1, 0.15) is 5.83 Å². The zero-order chi connectivity index (χ0) is 15.0. The molecule has 0 radical (unpaired) electrons. The van der Waals surface area contributed by atoms with E-state index < -0.39 is 42.5 Å². The average molecular weight is 294 g/mol. The van der Waals surface area contributed by atoms with Crippen LogP contribution in [0.1, 0.15) is 6.42 Å². The van der Waals surface area contributed by atoms with Gasteiger partial charge in [0, 0.05) is 6.42 Å². The molecule has 108 valence electrons. The molecular formula is C7H4F10O. The minimum atomic E-state index is -6.37. The fraction of sp³-hybridized carbons (Fsp3) is 0.714. The maximum atomic E-state index is 12.4. The van der Waals surface area contributed by atoms with E-state index in [1.807, 2.05) is 0 Å². The van der Waals surface area contributed by atoms with Crippen LogP contribution in [0.3, 0.4) is 0 Å². The number of alkyl halides is 9. The molecule has 0 fully saturated rings. The van der Waals surface area contributed by atoms with Crippen LogP contribution in [0.5, 0.6) is 0 Å². The van der Waals surface area contributed by atoms with Gasteiger partial charge >= 0.3 is 18.5 Å². The van der Waals surface area contributed by atoms with E-state index in [-0.39, 0.29) is 0 Å². The fourth-order valence-corrected chi connectivity index (χ4v) is 0.834. The first-order valence-corrected chi connectivity index (χ1v) is 3.90. The maximum Gasteiger partial charge on any atom is 0.426 e. The van der Waals surface area contributed by atoms with Crippen molar-refractivity contribution in [3.05, 3.63) is 11.9 Å². The Bertz CT molecular complexity index is 305. The molecule has 18 heavy (non-hydrogen) atoms. The smallest absolute Gasteiger partial charge is 0.373 e. The highest BCUT2D eigenvalue weighted by molar-refractivity contribution is 5.07. The minimum Gasteiger partial charge on any atom is -0.373 e. The van der Waals surface area contributed by atoms with Gasteiger partial charge in [0.15, 0.2) is 0 Å². The minimum absolute atomic E-state index is 1.39. The molecule has 0 saturated carbocycles. The van der Waals surface area contributed by atoms with Gasteiger partial charge < -0.3 is 5.11 Å². The van der Waals surface area contributed by atoms with E-state index in [1.54, 1.807) is 0 Å². The van der Waals surface area contributed by atoms with Gasteiger partial charge in [0.25, 0.3) is 5.60 Å². The molecule has 0 aliphatic carbocycles. The molecule has 0 aromatic heterocycles. The lowest BCUT2D eigenvalue weighted by atomic mass is 9.97. The SMILES string of the molecule is OC(C/C(F)=C/C(F)(F)F)(C(F)(F)F)C(F)(F)F. The summed E-state index contributed by atoms with van der Waals surface area (Å²) in [6.45, 7) is 0. The first-order valence-electron chi connectivity index (χ1n) is 3.90. The molecule has 11 heteroatoms. The van der Waals surface area contributed by atoms with Gasteiger partial charge in [-0.05, 0) is 0 Å². The van der Waals surface area contributed by atoms with E-state index >= 15 is 0 Å². The summed E-state index contributed by atoms with van der Waals surface area (Å²) in [5.41, 5.74) is -5.58. The van der Waals surface area contributed by atoms with Crippen LogP contribution in [0.25, 0.3) is 0 Å². The lowest BCUT2D eigenvalue weighted by Gasteiger charge is -2.31. The summed E-state index contributed by atoms with van der Waals surface area (Å²) >= 11 is 0. The molecule has 1 N–H and O–H groups in total. The standard InChI is InChI=1S/C7H4F10O/c8-3(2-5(9,10)11)1-4(18,6(12,13)14)7(15,16)17/h2,18H,1H2/b3-2-. The van der Waals surface area contributed by atoms with E-state index in [0.717, 1.165) is 0 Å². The van der Waals surface area contributed by atoms with Gasteiger partial charge in [-0.3, -0.25) is 0 Å². The molecular weight excluding hydrogens is 290 g/mol. The predicted octanol–water partition coefficient (Wildman–Crippen LogP) is 3.65. The summed E-state index contributed by atoms with van der Waals surface area (Å²) in [6, 6.07) is 0. The van der Waals surface area contributed by atoms with E-state index in [0.29, 0.717) is 0 Å². The van der Waals surface area contributed by atoms with Crippen LogP contribution in [-0.2, 0) is 0 Å². The molecule has 0 aliphatic heterocycles. The molecule has 0 atom stereocenters. The van der Waals surface area contributed by atoms with Gasteiger partial charge in [0.05, 0.1) is 6.08 Å². The Morgan fingerprint density at radius 3 is 1.39 bits per heavy atom. The van der Waals surface area contributed by atoms with Crippen molar-refractivity contribution in [2.45, 2.75) is 30.6 Å². The summed E-state index contributed by atoms with van der Waals surface area (Å²) in [5, 5.41) is 8.35. The second kappa shape index (κ2) is 4.59. The van der Waals surface area contributed by atoms with Crippen LogP contribution in [-0.4, -0.2) is 29.2 Å². The second-order valence-electron chi connectivity index (χ2n) is 3.17. The Balaban J connectivity index is 5.38.